The lowest BCUT2D eigenvalue weighted by molar-refractivity contribution is 0.959. The molecule has 0 saturated heterocycles. The molecule has 2 aliphatic rings. The van der Waals surface area contributed by atoms with Gasteiger partial charge < -0.3 is 20.6 Å². The Morgan fingerprint density at radius 1 is 0.724 bits per heavy atom. The smallest absolute Gasteiger partial charge is 0.145 e. The zero-order chi connectivity index (χ0) is 18.5. The predicted molar refractivity (Wildman–Crippen MR) is 119 cm³/mol. The molecular weight excluding hydrogens is 386 g/mol. The number of rotatable bonds is 3. The largest absolute Gasteiger partial charge is 0.368 e. The Morgan fingerprint density at radius 3 is 2.28 bits per heavy atom. The fourth-order valence-electron chi connectivity index (χ4n) is 3.87. The minimum absolute atomic E-state index is 0. The first kappa shape index (κ1) is 17.8. The van der Waals surface area contributed by atoms with Crippen LogP contribution in [0.5, 0.6) is 0 Å². The van der Waals surface area contributed by atoms with E-state index in [9.17, 15) is 0 Å². The van der Waals surface area contributed by atoms with Crippen LogP contribution in [-0.2, 0) is 0 Å². The number of fused-ring (bicyclic) bond motifs is 2. The van der Waals surface area contributed by atoms with Gasteiger partial charge in [0, 0.05) is 35.1 Å². The fraction of sp³-hybridized carbons (Fsp3) is 0.190. The number of aromatic amines is 2. The molecule has 29 heavy (non-hydrogen) atoms. The van der Waals surface area contributed by atoms with Crippen LogP contribution in [0.2, 0.25) is 0 Å². The summed E-state index contributed by atoms with van der Waals surface area (Å²) in [5, 5.41) is 7.80. The van der Waals surface area contributed by atoms with Crippen molar-refractivity contribution in [3.63, 3.8) is 0 Å². The summed E-state index contributed by atoms with van der Waals surface area (Å²) in [4.78, 5) is 20.7. The van der Waals surface area contributed by atoms with E-state index in [0.29, 0.717) is 0 Å². The van der Waals surface area contributed by atoms with Gasteiger partial charge in [0.25, 0.3) is 0 Å². The van der Waals surface area contributed by atoms with Crippen molar-refractivity contribution in [2.75, 3.05) is 26.2 Å². The molecule has 0 saturated carbocycles. The van der Waals surface area contributed by atoms with Gasteiger partial charge in [-0.25, -0.2) is 4.98 Å². The Bertz CT molecular complexity index is 1260. The molecule has 2 aromatic heterocycles. The molecule has 4 heterocycles. The summed E-state index contributed by atoms with van der Waals surface area (Å²) in [5.74, 6) is 2.77. The second-order valence-electron chi connectivity index (χ2n) is 7.12. The molecule has 0 fully saturated rings. The van der Waals surface area contributed by atoms with Crippen molar-refractivity contribution >= 4 is 46.0 Å². The molecule has 0 aliphatic carbocycles. The molecule has 0 spiro atoms. The number of nitrogens with one attached hydrogen (secondary N) is 4. The van der Waals surface area contributed by atoms with Crippen LogP contribution >= 0.6 is 12.4 Å². The molecule has 2 aliphatic heterocycles. The Morgan fingerprint density at radius 2 is 1.48 bits per heavy atom. The number of hydrogen-bond acceptors (Lipinski definition) is 5. The zero-order valence-corrected chi connectivity index (χ0v) is 16.4. The number of aliphatic imine (C=N–C) groups is 2. The second-order valence-corrected chi connectivity index (χ2v) is 7.12. The summed E-state index contributed by atoms with van der Waals surface area (Å²) in [6.07, 6.45) is 0. The van der Waals surface area contributed by atoms with Crippen LogP contribution in [0.4, 0.5) is 0 Å². The van der Waals surface area contributed by atoms with E-state index in [1.807, 2.05) is 6.07 Å². The third kappa shape index (κ3) is 3.03. The van der Waals surface area contributed by atoms with Crippen LogP contribution in [0, 0.1) is 0 Å². The van der Waals surface area contributed by atoms with Gasteiger partial charge in [0.1, 0.15) is 17.5 Å². The fourth-order valence-corrected chi connectivity index (χ4v) is 3.87. The third-order valence-electron chi connectivity index (χ3n) is 5.25. The van der Waals surface area contributed by atoms with Crippen molar-refractivity contribution < 1.29 is 0 Å². The summed E-state index contributed by atoms with van der Waals surface area (Å²) in [6, 6.07) is 14.7. The standard InChI is InChI=1S/C21H19N7.ClH/c1-2-14(10-16-12(1)9-18(26-16)21-24-7-8-25-21)20-27-15-4-3-13(11-17(15)28-20)19-22-5-6-23-19;/h1-4,9-11,26H,5-8H2,(H,22,23)(H,24,25)(H,27,28);1H. The quantitative estimate of drug-likeness (QED) is 0.422. The van der Waals surface area contributed by atoms with Crippen molar-refractivity contribution in [2.45, 2.75) is 0 Å². The SMILES string of the molecule is Cl.c1cc2nc(-c3ccc4cc(C5=NCCN5)[nH]c4c3)[nH]c2cc1C1=NCCN1. The minimum Gasteiger partial charge on any atom is -0.368 e. The van der Waals surface area contributed by atoms with E-state index in [2.05, 4.69) is 67.0 Å². The molecule has 0 atom stereocenters. The highest BCUT2D eigenvalue weighted by Crippen LogP contribution is 2.26. The van der Waals surface area contributed by atoms with E-state index in [-0.39, 0.29) is 12.4 Å². The van der Waals surface area contributed by atoms with Crippen LogP contribution in [0.25, 0.3) is 33.3 Å². The topological polar surface area (TPSA) is 93.2 Å². The van der Waals surface area contributed by atoms with E-state index in [4.69, 9.17) is 4.98 Å². The van der Waals surface area contributed by atoms with Crippen LogP contribution in [-0.4, -0.2) is 52.8 Å². The molecule has 4 N–H and O–H groups in total. The Hall–Kier alpha value is -3.32. The monoisotopic (exact) mass is 405 g/mol. The number of benzene rings is 2. The van der Waals surface area contributed by atoms with Gasteiger partial charge in [-0.2, -0.15) is 0 Å². The molecule has 0 unspecified atom stereocenters. The van der Waals surface area contributed by atoms with Crippen LogP contribution < -0.4 is 10.6 Å². The first-order chi connectivity index (χ1) is 13.8. The summed E-state index contributed by atoms with van der Waals surface area (Å²) in [5.41, 5.74) is 6.22. The van der Waals surface area contributed by atoms with Gasteiger partial charge in [-0.05, 0) is 30.3 Å². The summed E-state index contributed by atoms with van der Waals surface area (Å²) in [6.45, 7) is 3.47. The lowest BCUT2D eigenvalue weighted by Crippen LogP contribution is -2.19. The first-order valence-electron chi connectivity index (χ1n) is 9.54. The number of H-pyrrole nitrogens is 2. The van der Waals surface area contributed by atoms with Gasteiger partial charge >= 0.3 is 0 Å². The predicted octanol–water partition coefficient (Wildman–Crippen LogP) is 2.83. The van der Waals surface area contributed by atoms with E-state index in [1.54, 1.807) is 0 Å². The number of amidine groups is 2. The minimum atomic E-state index is 0. The van der Waals surface area contributed by atoms with Crippen molar-refractivity contribution in [1.29, 1.82) is 0 Å². The second kappa shape index (κ2) is 6.93. The summed E-state index contributed by atoms with van der Waals surface area (Å²) in [7, 11) is 0. The van der Waals surface area contributed by atoms with Gasteiger partial charge in [-0.3, -0.25) is 9.98 Å². The van der Waals surface area contributed by atoms with E-state index in [1.165, 1.54) is 5.39 Å². The number of aromatic nitrogens is 3. The normalized spacial score (nSPS) is 15.7. The van der Waals surface area contributed by atoms with Crippen molar-refractivity contribution in [3.05, 3.63) is 53.7 Å². The number of hydrogen-bond donors (Lipinski definition) is 4. The van der Waals surface area contributed by atoms with Crippen LogP contribution in [0.15, 0.2) is 52.4 Å². The van der Waals surface area contributed by atoms with Gasteiger partial charge in [-0.15, -0.1) is 12.4 Å². The summed E-state index contributed by atoms with van der Waals surface area (Å²) >= 11 is 0. The molecule has 6 rings (SSSR count). The highest BCUT2D eigenvalue weighted by Gasteiger charge is 2.14. The molecule has 8 heteroatoms. The molecule has 0 bridgehead atoms. The lowest BCUT2D eigenvalue weighted by atomic mass is 10.1. The van der Waals surface area contributed by atoms with Crippen LogP contribution in [0.3, 0.4) is 0 Å². The van der Waals surface area contributed by atoms with E-state index >= 15 is 0 Å². The van der Waals surface area contributed by atoms with Gasteiger partial charge in [0.2, 0.25) is 0 Å². The van der Waals surface area contributed by atoms with E-state index in [0.717, 1.165) is 77.0 Å². The lowest BCUT2D eigenvalue weighted by Gasteiger charge is -2.01. The summed E-state index contributed by atoms with van der Waals surface area (Å²) < 4.78 is 0. The molecule has 0 amide bonds. The molecule has 7 nitrogen and oxygen atoms in total. The van der Waals surface area contributed by atoms with E-state index < -0.39 is 0 Å². The maximum absolute atomic E-state index is 4.78. The van der Waals surface area contributed by atoms with Crippen LogP contribution in [0.1, 0.15) is 11.3 Å². The first-order valence-corrected chi connectivity index (χ1v) is 9.54. The molecule has 2 aromatic carbocycles. The number of imidazole rings is 1. The Kier molecular flexibility index (Phi) is 4.24. The van der Waals surface area contributed by atoms with Gasteiger partial charge in [-0.1, -0.05) is 12.1 Å². The van der Waals surface area contributed by atoms with Crippen molar-refractivity contribution in [2.24, 2.45) is 9.98 Å². The number of nitrogens with zero attached hydrogens (tertiary/aromatic N) is 3. The highest BCUT2D eigenvalue weighted by molar-refractivity contribution is 6.03. The Balaban J connectivity index is 0.00000181. The average Bonchev–Trinajstić information content (AvgIpc) is 3.52. The third-order valence-corrected chi connectivity index (χ3v) is 5.25. The van der Waals surface area contributed by atoms with Gasteiger partial charge in [0.05, 0.1) is 29.8 Å². The molecule has 0 radical (unpaired) electrons. The van der Waals surface area contributed by atoms with Crippen molar-refractivity contribution in [3.8, 4) is 11.4 Å². The number of halogens is 1. The molecule has 4 aromatic rings. The average molecular weight is 406 g/mol. The maximum Gasteiger partial charge on any atom is 0.145 e. The van der Waals surface area contributed by atoms with Crippen molar-refractivity contribution in [1.82, 2.24) is 25.6 Å². The maximum atomic E-state index is 4.78. The highest BCUT2D eigenvalue weighted by atomic mass is 35.5. The Labute approximate surface area is 173 Å². The molecule has 146 valence electrons. The zero-order valence-electron chi connectivity index (χ0n) is 15.6. The van der Waals surface area contributed by atoms with Gasteiger partial charge in [0.15, 0.2) is 0 Å². The molecular formula is C21H20ClN7.